The molecule has 1 N–H and O–H groups in total. The van der Waals surface area contributed by atoms with Gasteiger partial charge in [-0.1, -0.05) is 17.7 Å². The molecule has 0 amide bonds. The van der Waals surface area contributed by atoms with Gasteiger partial charge in [-0.2, -0.15) is 4.98 Å². The van der Waals surface area contributed by atoms with E-state index in [9.17, 15) is 4.79 Å². The molecule has 1 aromatic carbocycles. The van der Waals surface area contributed by atoms with Gasteiger partial charge >= 0.3 is 5.63 Å². The molecule has 31 heavy (non-hydrogen) atoms. The van der Waals surface area contributed by atoms with Crippen molar-refractivity contribution in [1.82, 2.24) is 15.3 Å². The van der Waals surface area contributed by atoms with Crippen LogP contribution in [0.25, 0.3) is 31.9 Å². The van der Waals surface area contributed by atoms with Gasteiger partial charge in [0, 0.05) is 29.6 Å². The molecule has 2 saturated carbocycles. The summed E-state index contributed by atoms with van der Waals surface area (Å²) in [4.78, 5) is 24.5. The maximum absolute atomic E-state index is 12.8. The van der Waals surface area contributed by atoms with E-state index in [1.807, 2.05) is 30.3 Å². The quantitative estimate of drug-likeness (QED) is 0.481. The molecule has 3 aliphatic rings. The number of hydrogen-bond acceptors (Lipinski definition) is 7. The Hall–Kier alpha value is -2.48. The van der Waals surface area contributed by atoms with Crippen molar-refractivity contribution in [3.05, 3.63) is 51.8 Å². The van der Waals surface area contributed by atoms with Crippen LogP contribution < -0.4 is 15.8 Å². The molecule has 1 saturated heterocycles. The van der Waals surface area contributed by atoms with Gasteiger partial charge in [0.25, 0.3) is 0 Å². The molecule has 3 aromatic heterocycles. The van der Waals surface area contributed by atoms with E-state index < -0.39 is 5.63 Å². The number of halogens is 1. The van der Waals surface area contributed by atoms with Gasteiger partial charge in [-0.15, -0.1) is 11.3 Å². The van der Waals surface area contributed by atoms with Crippen LogP contribution in [0.4, 0.5) is 5.82 Å². The van der Waals surface area contributed by atoms with E-state index in [1.54, 1.807) is 6.07 Å². The molecule has 4 heterocycles. The van der Waals surface area contributed by atoms with Gasteiger partial charge in [-0.05, 0) is 56.0 Å². The zero-order chi connectivity index (χ0) is 20.8. The predicted octanol–water partition coefficient (Wildman–Crippen LogP) is 4.59. The second kappa shape index (κ2) is 6.06. The number of hydrogen-bond donors (Lipinski definition) is 1. The highest BCUT2D eigenvalue weighted by atomic mass is 35.5. The Labute approximate surface area is 186 Å². The highest BCUT2D eigenvalue weighted by Gasteiger charge is 2.58. The summed E-state index contributed by atoms with van der Waals surface area (Å²) in [5, 5.41) is 5.86. The van der Waals surface area contributed by atoms with Gasteiger partial charge in [0.05, 0.1) is 15.3 Å². The molecule has 4 aromatic rings. The number of nitrogens with zero attached hydrogens (tertiary/aromatic N) is 3. The maximum Gasteiger partial charge on any atom is 0.347 e. The van der Waals surface area contributed by atoms with Crippen molar-refractivity contribution in [2.24, 2.45) is 0 Å². The summed E-state index contributed by atoms with van der Waals surface area (Å²) in [6.07, 6.45) is 4.90. The Morgan fingerprint density at radius 1 is 1.06 bits per heavy atom. The van der Waals surface area contributed by atoms with E-state index in [-0.39, 0.29) is 11.1 Å². The molecule has 156 valence electrons. The van der Waals surface area contributed by atoms with Gasteiger partial charge in [0.1, 0.15) is 16.3 Å². The fourth-order valence-corrected chi connectivity index (χ4v) is 6.07. The molecule has 8 heteroatoms. The number of thiazole rings is 1. The molecule has 0 unspecified atom stereocenters. The lowest BCUT2D eigenvalue weighted by molar-refractivity contribution is 0.339. The molecule has 0 radical (unpaired) electrons. The second-order valence-corrected chi connectivity index (χ2v) is 10.6. The first-order valence-electron chi connectivity index (χ1n) is 10.6. The molecule has 2 aliphatic carbocycles. The Kier molecular flexibility index (Phi) is 3.54. The van der Waals surface area contributed by atoms with Gasteiger partial charge in [-0.3, -0.25) is 0 Å². The van der Waals surface area contributed by atoms with E-state index in [1.165, 1.54) is 37.0 Å². The third kappa shape index (κ3) is 2.91. The molecule has 3 fully saturated rings. The van der Waals surface area contributed by atoms with Crippen molar-refractivity contribution in [1.29, 1.82) is 0 Å². The first kappa shape index (κ1) is 18.1. The van der Waals surface area contributed by atoms with Crippen molar-refractivity contribution in [3.63, 3.8) is 0 Å². The van der Waals surface area contributed by atoms with Crippen molar-refractivity contribution in [3.8, 4) is 10.6 Å². The number of nitrogens with one attached hydrogen (secondary N) is 1. The molecule has 0 bridgehead atoms. The SMILES string of the molecule is O=c1oc2nc(N3CC4(CC4)NC4(CC4)C3)ccc2cc1-c1nc2c(Cl)cccc2s1. The molecule has 7 rings (SSSR count). The van der Waals surface area contributed by atoms with Gasteiger partial charge in [0.2, 0.25) is 5.71 Å². The van der Waals surface area contributed by atoms with Crippen LogP contribution in [0, 0.1) is 0 Å². The minimum atomic E-state index is -0.426. The van der Waals surface area contributed by atoms with Crippen LogP contribution >= 0.6 is 22.9 Å². The fourth-order valence-electron chi connectivity index (χ4n) is 4.80. The number of aromatic nitrogens is 2. The lowest BCUT2D eigenvalue weighted by Gasteiger charge is -2.40. The Bertz CT molecular complexity index is 1420. The van der Waals surface area contributed by atoms with Crippen LogP contribution in [0.1, 0.15) is 25.7 Å². The average molecular weight is 451 g/mol. The predicted molar refractivity (Wildman–Crippen MR) is 123 cm³/mol. The summed E-state index contributed by atoms with van der Waals surface area (Å²) in [5.41, 5.74) is 1.60. The van der Waals surface area contributed by atoms with E-state index >= 15 is 0 Å². The number of piperazine rings is 1. The number of anilines is 1. The molecular weight excluding hydrogens is 432 g/mol. The van der Waals surface area contributed by atoms with E-state index in [0.717, 1.165) is 29.0 Å². The monoisotopic (exact) mass is 450 g/mol. The van der Waals surface area contributed by atoms with Gasteiger partial charge < -0.3 is 14.6 Å². The second-order valence-electron chi connectivity index (χ2n) is 9.16. The smallest absolute Gasteiger partial charge is 0.347 e. The van der Waals surface area contributed by atoms with Crippen LogP contribution in [0.5, 0.6) is 0 Å². The summed E-state index contributed by atoms with van der Waals surface area (Å²) >= 11 is 7.69. The standard InChI is InChI=1S/C23H19ClN4O2S/c24-15-2-1-3-16-18(15)26-20(31-16)14-10-13-4-5-17(25-19(13)30-21(14)29)28-11-22(6-7-22)27-23(12-28)8-9-23/h1-5,10,27H,6-9,11-12H2. The molecule has 1 aliphatic heterocycles. The number of rotatable bonds is 2. The third-order valence-corrected chi connectivity index (χ3v) is 8.09. The van der Waals surface area contributed by atoms with Crippen LogP contribution in [0.3, 0.4) is 0 Å². The van der Waals surface area contributed by atoms with E-state index in [0.29, 0.717) is 26.8 Å². The zero-order valence-corrected chi connectivity index (χ0v) is 18.2. The van der Waals surface area contributed by atoms with Crippen LogP contribution in [-0.2, 0) is 0 Å². The average Bonchev–Trinajstić information content (AvgIpc) is 3.63. The summed E-state index contributed by atoms with van der Waals surface area (Å²) in [6.45, 7) is 1.92. The molecular formula is C23H19ClN4O2S. The minimum absolute atomic E-state index is 0.254. The Morgan fingerprint density at radius 3 is 2.55 bits per heavy atom. The highest BCUT2D eigenvalue weighted by molar-refractivity contribution is 7.21. The van der Waals surface area contributed by atoms with Crippen molar-refractivity contribution >= 4 is 50.1 Å². The van der Waals surface area contributed by atoms with Crippen LogP contribution in [0.15, 0.2) is 45.6 Å². The first-order chi connectivity index (χ1) is 15.0. The molecule has 0 atom stereocenters. The van der Waals surface area contributed by atoms with Crippen LogP contribution in [0.2, 0.25) is 5.02 Å². The van der Waals surface area contributed by atoms with Crippen molar-refractivity contribution in [2.45, 2.75) is 36.8 Å². The van der Waals surface area contributed by atoms with E-state index in [4.69, 9.17) is 21.0 Å². The highest BCUT2D eigenvalue weighted by Crippen LogP contribution is 2.49. The maximum atomic E-state index is 12.8. The Morgan fingerprint density at radius 2 is 1.84 bits per heavy atom. The molecule has 2 spiro atoms. The number of para-hydroxylation sites is 1. The largest absolute Gasteiger partial charge is 0.403 e. The Balaban J connectivity index is 1.28. The van der Waals surface area contributed by atoms with E-state index in [2.05, 4.69) is 15.2 Å². The van der Waals surface area contributed by atoms with Gasteiger partial charge in [-0.25, -0.2) is 9.78 Å². The van der Waals surface area contributed by atoms with Crippen LogP contribution in [-0.4, -0.2) is 34.1 Å². The minimum Gasteiger partial charge on any atom is -0.403 e. The number of benzene rings is 1. The number of pyridine rings is 1. The first-order valence-corrected chi connectivity index (χ1v) is 11.8. The summed E-state index contributed by atoms with van der Waals surface area (Å²) in [5.74, 6) is 0.884. The zero-order valence-electron chi connectivity index (χ0n) is 16.7. The lowest BCUT2D eigenvalue weighted by Crippen LogP contribution is -2.60. The summed E-state index contributed by atoms with van der Waals surface area (Å²) in [6, 6.07) is 11.5. The lowest BCUT2D eigenvalue weighted by atomic mass is 10.1. The van der Waals surface area contributed by atoms with Crippen molar-refractivity contribution in [2.75, 3.05) is 18.0 Å². The van der Waals surface area contributed by atoms with Gasteiger partial charge in [0.15, 0.2) is 0 Å². The third-order valence-electron chi connectivity index (χ3n) is 6.73. The van der Waals surface area contributed by atoms with Crippen molar-refractivity contribution < 1.29 is 4.42 Å². The topological polar surface area (TPSA) is 71.3 Å². The summed E-state index contributed by atoms with van der Waals surface area (Å²) in [7, 11) is 0. The number of fused-ring (bicyclic) bond motifs is 2. The normalized spacial score (nSPS) is 20.7. The fraction of sp³-hybridized carbons (Fsp3) is 0.348. The summed E-state index contributed by atoms with van der Waals surface area (Å²) < 4.78 is 6.61. The molecule has 6 nitrogen and oxygen atoms in total.